The first kappa shape index (κ1) is 21.2. The van der Waals surface area contributed by atoms with E-state index in [-0.39, 0.29) is 26.8 Å². The van der Waals surface area contributed by atoms with Crippen molar-refractivity contribution in [1.82, 2.24) is 10.9 Å². The van der Waals surface area contributed by atoms with E-state index in [1.165, 1.54) is 49.6 Å². The largest absolute Gasteiger partial charge is 0.872 e. The Morgan fingerprint density at radius 3 is 2.43 bits per heavy atom. The maximum absolute atomic E-state index is 12.3. The Morgan fingerprint density at radius 1 is 1.10 bits per heavy atom. The van der Waals surface area contributed by atoms with Gasteiger partial charge in [0.15, 0.2) is 0 Å². The van der Waals surface area contributed by atoms with E-state index in [4.69, 9.17) is 4.74 Å². The number of benzene rings is 2. The zero-order valence-electron chi connectivity index (χ0n) is 15.8. The van der Waals surface area contributed by atoms with Crippen molar-refractivity contribution in [3.8, 4) is 11.5 Å². The van der Waals surface area contributed by atoms with Crippen LogP contribution < -0.4 is 25.4 Å². The van der Waals surface area contributed by atoms with Crippen molar-refractivity contribution in [3.63, 3.8) is 0 Å². The zero-order valence-corrected chi connectivity index (χ0v) is 17.5. The third-order valence-electron chi connectivity index (χ3n) is 4.00. The SMILES string of the molecule is C=C(NNC(=O)c1ccc(NS(=O)(=O)c2cccs2)cc1)c1ccc(OC)cc1[O-]. The average molecular weight is 445 g/mol. The lowest BCUT2D eigenvalue weighted by Crippen LogP contribution is -2.36. The minimum absolute atomic E-state index is 0.198. The highest BCUT2D eigenvalue weighted by Crippen LogP contribution is 2.25. The number of nitrogens with one attached hydrogen (secondary N) is 3. The van der Waals surface area contributed by atoms with Crippen LogP contribution in [0.1, 0.15) is 15.9 Å². The molecule has 2 aromatic carbocycles. The van der Waals surface area contributed by atoms with Gasteiger partial charge in [-0.2, -0.15) is 0 Å². The van der Waals surface area contributed by atoms with Crippen LogP contribution in [0.25, 0.3) is 5.70 Å². The predicted octanol–water partition coefficient (Wildman–Crippen LogP) is 2.54. The van der Waals surface area contributed by atoms with Crippen LogP contribution in [0, 0.1) is 0 Å². The van der Waals surface area contributed by atoms with Gasteiger partial charge in [0.05, 0.1) is 12.8 Å². The molecule has 0 radical (unpaired) electrons. The van der Waals surface area contributed by atoms with Gasteiger partial charge in [-0.05, 0) is 59.5 Å². The Balaban J connectivity index is 1.60. The number of amides is 1. The minimum atomic E-state index is -3.66. The van der Waals surface area contributed by atoms with Crippen molar-refractivity contribution < 1.29 is 23.1 Å². The average Bonchev–Trinajstić information content (AvgIpc) is 3.28. The summed E-state index contributed by atoms with van der Waals surface area (Å²) in [6.45, 7) is 3.74. The van der Waals surface area contributed by atoms with Crippen molar-refractivity contribution in [2.24, 2.45) is 0 Å². The molecule has 0 fully saturated rings. The quantitative estimate of drug-likeness (QED) is 0.459. The first-order valence-corrected chi connectivity index (χ1v) is 10.9. The zero-order chi connectivity index (χ0) is 21.7. The second-order valence-electron chi connectivity index (χ2n) is 6.03. The molecule has 30 heavy (non-hydrogen) atoms. The van der Waals surface area contributed by atoms with E-state index in [9.17, 15) is 18.3 Å². The van der Waals surface area contributed by atoms with E-state index in [0.717, 1.165) is 11.3 Å². The lowest BCUT2D eigenvalue weighted by molar-refractivity contribution is -0.268. The highest BCUT2D eigenvalue weighted by atomic mass is 32.2. The van der Waals surface area contributed by atoms with Gasteiger partial charge < -0.3 is 9.84 Å². The molecule has 0 aliphatic heterocycles. The fourth-order valence-electron chi connectivity index (χ4n) is 2.46. The van der Waals surface area contributed by atoms with Crippen LogP contribution in [0.15, 0.2) is 70.8 Å². The number of rotatable bonds is 8. The molecule has 0 aliphatic carbocycles. The first-order valence-electron chi connectivity index (χ1n) is 8.57. The van der Waals surface area contributed by atoms with Crippen LogP contribution in [0.4, 0.5) is 5.69 Å². The Kier molecular flexibility index (Phi) is 6.28. The van der Waals surface area contributed by atoms with Crippen LogP contribution in [-0.4, -0.2) is 21.4 Å². The van der Waals surface area contributed by atoms with Crippen molar-refractivity contribution in [2.75, 3.05) is 11.8 Å². The van der Waals surface area contributed by atoms with Gasteiger partial charge in [0.1, 0.15) is 9.96 Å². The fourth-order valence-corrected chi connectivity index (χ4v) is 4.51. The maximum atomic E-state index is 12.3. The summed E-state index contributed by atoms with van der Waals surface area (Å²) in [5.74, 6) is -0.358. The minimum Gasteiger partial charge on any atom is -0.872 e. The molecule has 0 saturated carbocycles. The fraction of sp³-hybridized carbons (Fsp3) is 0.0500. The molecule has 0 unspecified atom stereocenters. The van der Waals surface area contributed by atoms with Crippen LogP contribution in [-0.2, 0) is 10.0 Å². The lowest BCUT2D eigenvalue weighted by Gasteiger charge is -2.18. The first-order chi connectivity index (χ1) is 14.3. The molecule has 1 amide bonds. The summed E-state index contributed by atoms with van der Waals surface area (Å²) in [6.07, 6.45) is 0. The number of ether oxygens (including phenoxy) is 1. The second-order valence-corrected chi connectivity index (χ2v) is 8.89. The third-order valence-corrected chi connectivity index (χ3v) is 6.78. The molecule has 3 aromatic rings. The molecule has 0 aliphatic rings. The number of methoxy groups -OCH3 is 1. The smallest absolute Gasteiger partial charge is 0.271 e. The van der Waals surface area contributed by atoms with Gasteiger partial charge in [0.25, 0.3) is 15.9 Å². The normalized spacial score (nSPS) is 10.8. The van der Waals surface area contributed by atoms with Crippen molar-refractivity contribution >= 4 is 38.7 Å². The van der Waals surface area contributed by atoms with E-state index in [2.05, 4.69) is 22.2 Å². The number of carbonyl (C=O) groups is 1. The van der Waals surface area contributed by atoms with Gasteiger partial charge in [0.2, 0.25) is 0 Å². The summed E-state index contributed by atoms with van der Waals surface area (Å²) in [6, 6.07) is 13.5. The number of thiophene rings is 1. The van der Waals surface area contributed by atoms with E-state index >= 15 is 0 Å². The molecule has 0 spiro atoms. The molecule has 10 heteroatoms. The Bertz CT molecular complexity index is 1160. The summed E-state index contributed by atoms with van der Waals surface area (Å²) >= 11 is 1.11. The molecule has 0 bridgehead atoms. The highest BCUT2D eigenvalue weighted by molar-refractivity contribution is 7.94. The van der Waals surface area contributed by atoms with Gasteiger partial charge in [-0.25, -0.2) is 8.42 Å². The molecular formula is C20H18N3O5S2-. The number of hydrogen-bond donors (Lipinski definition) is 3. The van der Waals surface area contributed by atoms with E-state index in [1.807, 2.05) is 0 Å². The van der Waals surface area contributed by atoms with E-state index < -0.39 is 15.9 Å². The van der Waals surface area contributed by atoms with Crippen LogP contribution in [0.2, 0.25) is 0 Å². The van der Waals surface area contributed by atoms with Crippen molar-refractivity contribution in [1.29, 1.82) is 0 Å². The number of anilines is 1. The predicted molar refractivity (Wildman–Crippen MR) is 114 cm³/mol. The number of hydrogen-bond acceptors (Lipinski definition) is 7. The number of carbonyl (C=O) groups excluding carboxylic acids is 1. The summed E-state index contributed by atoms with van der Waals surface area (Å²) in [7, 11) is -2.20. The van der Waals surface area contributed by atoms with Gasteiger partial charge in [-0.1, -0.05) is 18.4 Å². The molecule has 156 valence electrons. The Morgan fingerprint density at radius 2 is 1.83 bits per heavy atom. The van der Waals surface area contributed by atoms with Gasteiger partial charge in [-0.3, -0.25) is 20.4 Å². The second kappa shape index (κ2) is 8.89. The molecule has 0 atom stereocenters. The summed E-state index contributed by atoms with van der Waals surface area (Å²) in [5.41, 5.74) is 6.16. The van der Waals surface area contributed by atoms with E-state index in [0.29, 0.717) is 11.4 Å². The summed E-state index contributed by atoms with van der Waals surface area (Å²) in [4.78, 5) is 12.3. The van der Waals surface area contributed by atoms with E-state index in [1.54, 1.807) is 17.5 Å². The van der Waals surface area contributed by atoms with Crippen LogP contribution in [0.3, 0.4) is 0 Å². The topological polar surface area (TPSA) is 120 Å². The summed E-state index contributed by atoms with van der Waals surface area (Å²) < 4.78 is 32.1. The van der Waals surface area contributed by atoms with Crippen molar-refractivity contribution in [2.45, 2.75) is 4.21 Å². The molecule has 3 N–H and O–H groups in total. The van der Waals surface area contributed by atoms with Gasteiger partial charge in [0, 0.05) is 11.3 Å². The molecule has 3 rings (SSSR count). The standard InChI is InChI=1S/C20H19N3O5S2/c1-13(17-10-9-16(28-2)12-18(17)24)21-22-20(25)14-5-7-15(8-6-14)23-30(26,27)19-4-3-11-29-19/h3-12,21,23-24H,1H2,2H3,(H,22,25)/p-1. The molecule has 0 saturated heterocycles. The Hall–Kier alpha value is -3.50. The maximum Gasteiger partial charge on any atom is 0.271 e. The third kappa shape index (κ3) is 4.91. The summed E-state index contributed by atoms with van der Waals surface area (Å²) in [5, 5.41) is 13.7. The molecular weight excluding hydrogens is 426 g/mol. The molecule has 1 aromatic heterocycles. The lowest BCUT2D eigenvalue weighted by atomic mass is 10.1. The molecule has 8 nitrogen and oxygen atoms in total. The number of sulfonamides is 1. The monoisotopic (exact) mass is 444 g/mol. The number of hydrazine groups is 1. The van der Waals surface area contributed by atoms with Crippen LogP contribution in [0.5, 0.6) is 11.5 Å². The van der Waals surface area contributed by atoms with Gasteiger partial charge in [-0.15, -0.1) is 11.3 Å². The van der Waals surface area contributed by atoms with Gasteiger partial charge >= 0.3 is 0 Å². The Labute approximate surface area is 177 Å². The molecule has 1 heterocycles. The van der Waals surface area contributed by atoms with Crippen LogP contribution >= 0.6 is 11.3 Å². The highest BCUT2D eigenvalue weighted by Gasteiger charge is 2.15. The van der Waals surface area contributed by atoms with Crippen molar-refractivity contribution in [3.05, 3.63) is 77.7 Å².